The third kappa shape index (κ3) is 17.2. The first kappa shape index (κ1) is 66.9. The Hall–Kier alpha value is -6.65. The minimum atomic E-state index is -0.243. The van der Waals surface area contributed by atoms with E-state index in [0.717, 1.165) is 116 Å². The van der Waals surface area contributed by atoms with Crippen LogP contribution in [0.15, 0.2) is 158 Å². The molecule has 8 aromatic rings. The van der Waals surface area contributed by atoms with E-state index in [-0.39, 0.29) is 63.0 Å². The van der Waals surface area contributed by atoms with Crippen molar-refractivity contribution in [2.24, 2.45) is 0 Å². The van der Waals surface area contributed by atoms with E-state index in [1.807, 2.05) is 36.4 Å². The molecule has 0 aliphatic rings. The number of para-hydroxylation sites is 2. The molecule has 8 aromatic carbocycles. The van der Waals surface area contributed by atoms with Crippen LogP contribution in [0.2, 0.25) is 0 Å². The first-order valence-corrected chi connectivity index (χ1v) is 27.4. The van der Waals surface area contributed by atoms with Crippen LogP contribution in [0.25, 0.3) is 22.3 Å². The Bertz CT molecular complexity index is 3060. The molecule has 8 nitrogen and oxygen atoms in total. The maximum absolute atomic E-state index is 13.9. The minimum Gasteiger partial charge on any atom is -0.872 e. The number of nitrogens with one attached hydrogen (secondary N) is 2. The number of ether oxygens (including phenoxy) is 2. The maximum Gasteiger partial charge on any atom is 4.00 e. The molecule has 0 aromatic heterocycles. The summed E-state index contributed by atoms with van der Waals surface area (Å²) in [7, 11) is 3.47. The van der Waals surface area contributed by atoms with E-state index >= 15 is 0 Å². The van der Waals surface area contributed by atoms with E-state index in [4.69, 9.17) is 9.47 Å². The summed E-state index contributed by atoms with van der Waals surface area (Å²) >= 11 is 0. The number of anilines is 8. The molecule has 0 amide bonds. The van der Waals surface area contributed by atoms with Gasteiger partial charge in [-0.05, 0) is 159 Å². The van der Waals surface area contributed by atoms with Crippen molar-refractivity contribution < 1.29 is 45.5 Å². The molecule has 0 radical (unpaired) electrons. The van der Waals surface area contributed by atoms with Gasteiger partial charge in [-0.25, -0.2) is 0 Å². The van der Waals surface area contributed by atoms with E-state index in [1.165, 1.54) is 22.3 Å². The Balaban J connectivity index is 0.000000336. The second-order valence-corrected chi connectivity index (χ2v) is 22.9. The van der Waals surface area contributed by atoms with Crippen LogP contribution in [-0.2, 0) is 46.1 Å². The van der Waals surface area contributed by atoms with Crippen LogP contribution < -0.4 is 30.6 Å². The second-order valence-electron chi connectivity index (χ2n) is 22.9. The Morgan fingerprint density at radius 2 is 0.728 bits per heavy atom. The van der Waals surface area contributed by atoms with Gasteiger partial charge in [0.15, 0.2) is 0 Å². The molecule has 0 bridgehead atoms. The van der Waals surface area contributed by atoms with E-state index in [1.54, 1.807) is 14.2 Å². The van der Waals surface area contributed by atoms with Gasteiger partial charge in [0, 0.05) is 74.4 Å². The third-order valence-corrected chi connectivity index (χ3v) is 14.1. The molecule has 0 saturated carbocycles. The normalized spacial score (nSPS) is 11.0. The van der Waals surface area contributed by atoms with Crippen molar-refractivity contribution in [2.45, 2.75) is 107 Å². The summed E-state index contributed by atoms with van der Waals surface area (Å²) in [6.45, 7) is 28.0. The van der Waals surface area contributed by atoms with Crippen molar-refractivity contribution in [3.05, 3.63) is 217 Å². The third-order valence-electron chi connectivity index (χ3n) is 14.1. The Morgan fingerprint density at radius 1 is 0.395 bits per heavy atom. The van der Waals surface area contributed by atoms with Gasteiger partial charge in [0.2, 0.25) is 0 Å². The van der Waals surface area contributed by atoms with Gasteiger partial charge < -0.3 is 55.0 Å². The second kappa shape index (κ2) is 29.9. The Morgan fingerprint density at radius 3 is 1.06 bits per heavy atom. The average molecular weight is 1250 g/mol. The van der Waals surface area contributed by atoms with E-state index in [0.29, 0.717) is 13.2 Å². The van der Waals surface area contributed by atoms with Crippen LogP contribution in [0.1, 0.15) is 98.9 Å². The van der Waals surface area contributed by atoms with Crippen molar-refractivity contribution in [1.82, 2.24) is 0 Å². The monoisotopic (exact) mass is 1250 g/mol. The number of aryl methyl sites for hydroxylation is 6. The summed E-state index contributed by atoms with van der Waals surface area (Å²) in [6, 6.07) is 54.5. The number of rotatable bonds is 18. The molecule has 0 atom stereocenters. The molecule has 0 fully saturated rings. The molecule has 0 unspecified atom stereocenters. The molecular weight excluding hydrogens is 1160 g/mol. The fourth-order valence-corrected chi connectivity index (χ4v) is 9.94. The maximum atomic E-state index is 13.9. The first-order valence-electron chi connectivity index (χ1n) is 27.4. The zero-order valence-corrected chi connectivity index (χ0v) is 54.9. The number of methoxy groups -OCH3 is 2. The zero-order chi connectivity index (χ0) is 56.3. The number of hydrogen-bond acceptors (Lipinski definition) is 8. The number of nitrogens with zero attached hydrogens (tertiary/aromatic N) is 2. The van der Waals surface area contributed by atoms with Gasteiger partial charge in [0.05, 0.1) is 22.7 Å². The van der Waals surface area contributed by atoms with Crippen LogP contribution >= 0.6 is 0 Å². The van der Waals surface area contributed by atoms with E-state index in [2.05, 4.69) is 225 Å². The van der Waals surface area contributed by atoms with Crippen LogP contribution in [0.3, 0.4) is 0 Å². The molecule has 0 saturated heterocycles. The largest absolute Gasteiger partial charge is 4.00 e. The van der Waals surface area contributed by atoms with Crippen molar-refractivity contribution in [3.8, 4) is 33.8 Å². The Kier molecular flexibility index (Phi) is 24.7. The molecule has 8 rings (SSSR count). The van der Waals surface area contributed by atoms with Gasteiger partial charge in [-0.15, -0.1) is 0 Å². The van der Waals surface area contributed by atoms with Crippen LogP contribution in [0, 0.1) is 56.4 Å². The van der Waals surface area contributed by atoms with Gasteiger partial charge in [0.25, 0.3) is 0 Å². The predicted octanol–water partition coefficient (Wildman–Crippen LogP) is 18.0. The standard InChI is InChI=1S/2C35H42N2O2.2CH3.Hf/c2*1-24-13-16-27(17-14-24)36-31-18-15-25(2)23-33(31)37(19-10-20-39-7)32-12-9-8-11-28(32)29-21-26(3)22-30(34(29)38)35(4,5)6;;;/h2*8-9,11-18,21-23,36,38H,10,19-20H2,1-7H3;2*1H3;/q;;2*-1;+4/p-2. The van der Waals surface area contributed by atoms with Crippen LogP contribution in [0.5, 0.6) is 11.5 Å². The SMILES string of the molecule is COCCCN(c1cc(C)ccc1Nc1ccc(C)cc1)c1ccccc1-c1cc(C)cc(C(C)(C)C)c1[O-].COCCCN(c1cc(C)ccc1Nc1ccc(C)cc1)c1ccccc1-c1cc(C)cc(C(C)(C)C)c1[O-].[CH3-].[CH3-].[Hf+4]. The smallest absolute Gasteiger partial charge is 0.872 e. The quantitative estimate of drug-likeness (QED) is 0.0498. The van der Waals surface area contributed by atoms with Gasteiger partial charge in [0.1, 0.15) is 0 Å². The molecule has 0 spiro atoms. The summed E-state index contributed by atoms with van der Waals surface area (Å²) in [5.74, 6) is 0.194. The number of hydrogen-bond donors (Lipinski definition) is 2. The summed E-state index contributed by atoms with van der Waals surface area (Å²) in [5, 5.41) is 35.0. The zero-order valence-electron chi connectivity index (χ0n) is 51.3. The van der Waals surface area contributed by atoms with Crippen molar-refractivity contribution >= 4 is 45.5 Å². The van der Waals surface area contributed by atoms with Crippen LogP contribution in [-0.4, -0.2) is 40.5 Å². The predicted molar refractivity (Wildman–Crippen MR) is 341 cm³/mol. The Labute approximate surface area is 506 Å². The summed E-state index contributed by atoms with van der Waals surface area (Å²) in [4.78, 5) is 4.66. The summed E-state index contributed by atoms with van der Waals surface area (Å²) in [5.41, 5.74) is 19.8. The van der Waals surface area contributed by atoms with Crippen LogP contribution in [0.4, 0.5) is 45.5 Å². The first-order chi connectivity index (χ1) is 37.2. The van der Waals surface area contributed by atoms with E-state index < -0.39 is 0 Å². The van der Waals surface area contributed by atoms with Crippen molar-refractivity contribution in [3.63, 3.8) is 0 Å². The fraction of sp³-hybridized carbons (Fsp3) is 0.306. The van der Waals surface area contributed by atoms with Crippen molar-refractivity contribution in [2.75, 3.05) is 61.0 Å². The van der Waals surface area contributed by atoms with E-state index in [9.17, 15) is 10.2 Å². The molecule has 0 aliphatic heterocycles. The van der Waals surface area contributed by atoms with Gasteiger partial charge in [-0.1, -0.05) is 172 Å². The van der Waals surface area contributed by atoms with Gasteiger partial charge >= 0.3 is 25.8 Å². The fourth-order valence-electron chi connectivity index (χ4n) is 9.94. The number of benzene rings is 8. The molecule has 2 N–H and O–H groups in total. The summed E-state index contributed by atoms with van der Waals surface area (Å²) < 4.78 is 10.9. The topological polar surface area (TPSA) is 95.1 Å². The van der Waals surface area contributed by atoms with Gasteiger partial charge in [-0.3, -0.25) is 0 Å². The molecule has 9 heteroatoms. The molecule has 81 heavy (non-hydrogen) atoms. The molecular formula is C72H88HfN4O4. The average Bonchev–Trinajstić information content (AvgIpc) is 3.42. The summed E-state index contributed by atoms with van der Waals surface area (Å²) in [6.07, 6.45) is 1.68. The molecule has 0 heterocycles. The van der Waals surface area contributed by atoms with Crippen molar-refractivity contribution in [1.29, 1.82) is 0 Å². The van der Waals surface area contributed by atoms with Gasteiger partial charge in [-0.2, -0.15) is 0 Å². The molecule has 0 aliphatic carbocycles. The minimum absolute atomic E-state index is 0. The molecule has 424 valence electrons.